The molecule has 16 heavy (non-hydrogen) atoms. The molecule has 1 aliphatic rings. The van der Waals surface area contributed by atoms with Crippen molar-refractivity contribution in [3.05, 3.63) is 0 Å². The minimum absolute atomic E-state index is 0.000502. The van der Waals surface area contributed by atoms with E-state index in [9.17, 15) is 9.59 Å². The van der Waals surface area contributed by atoms with Gasteiger partial charge in [0.05, 0.1) is 12.0 Å². The molecule has 1 rings (SSSR count). The predicted molar refractivity (Wildman–Crippen MR) is 58.0 cm³/mol. The van der Waals surface area contributed by atoms with Gasteiger partial charge in [-0.05, 0) is 26.7 Å². The molecule has 5 heteroatoms. The van der Waals surface area contributed by atoms with Gasteiger partial charge in [0.1, 0.15) is 6.61 Å². The predicted octanol–water partition coefficient (Wildman–Crippen LogP) is 0.781. The molecular formula is C11H19NO4. The average Bonchev–Trinajstić information content (AvgIpc) is 2.62. The highest BCUT2D eigenvalue weighted by Crippen LogP contribution is 2.25. The number of carbonyl (C=O) groups is 2. The lowest BCUT2D eigenvalue weighted by atomic mass is 10.0. The molecule has 1 aliphatic carbocycles. The number of aliphatic carboxylic acids is 1. The topological polar surface area (TPSA) is 75.6 Å². The highest BCUT2D eigenvalue weighted by molar-refractivity contribution is 5.79. The van der Waals surface area contributed by atoms with E-state index in [4.69, 9.17) is 9.84 Å². The minimum atomic E-state index is -0.826. The summed E-state index contributed by atoms with van der Waals surface area (Å²) < 4.78 is 5.15. The van der Waals surface area contributed by atoms with E-state index in [-0.39, 0.29) is 24.7 Å². The zero-order valence-electron chi connectivity index (χ0n) is 9.73. The van der Waals surface area contributed by atoms with Gasteiger partial charge in [0.2, 0.25) is 5.91 Å². The van der Waals surface area contributed by atoms with Crippen molar-refractivity contribution in [3.8, 4) is 0 Å². The molecule has 0 aromatic carbocycles. The van der Waals surface area contributed by atoms with E-state index in [1.54, 1.807) is 0 Å². The lowest BCUT2D eigenvalue weighted by Crippen LogP contribution is -2.42. The first kappa shape index (κ1) is 13.0. The summed E-state index contributed by atoms with van der Waals surface area (Å²) in [6.45, 7) is 3.70. The van der Waals surface area contributed by atoms with Crippen LogP contribution >= 0.6 is 0 Å². The van der Waals surface area contributed by atoms with E-state index >= 15 is 0 Å². The molecule has 0 unspecified atom stereocenters. The van der Waals surface area contributed by atoms with E-state index in [1.165, 1.54) is 0 Å². The highest BCUT2D eigenvalue weighted by Gasteiger charge is 2.33. The number of nitrogens with one attached hydrogen (secondary N) is 1. The van der Waals surface area contributed by atoms with Crippen molar-refractivity contribution in [2.75, 3.05) is 6.61 Å². The Morgan fingerprint density at radius 3 is 2.69 bits per heavy atom. The molecule has 5 nitrogen and oxygen atoms in total. The van der Waals surface area contributed by atoms with Crippen molar-refractivity contribution in [3.63, 3.8) is 0 Å². The Morgan fingerprint density at radius 1 is 1.44 bits per heavy atom. The molecule has 0 radical (unpaired) electrons. The summed E-state index contributed by atoms with van der Waals surface area (Å²) in [4.78, 5) is 22.3. The van der Waals surface area contributed by atoms with E-state index in [1.807, 2.05) is 13.8 Å². The Labute approximate surface area is 95.2 Å². The molecule has 0 aliphatic heterocycles. The summed E-state index contributed by atoms with van der Waals surface area (Å²) in [6.07, 6.45) is 2.24. The second-order valence-corrected chi connectivity index (χ2v) is 4.41. The Balaban J connectivity index is 2.35. The molecule has 0 heterocycles. The summed E-state index contributed by atoms with van der Waals surface area (Å²) in [5.41, 5.74) is 0. The molecule has 0 saturated heterocycles. The molecule has 92 valence electrons. The second kappa shape index (κ2) is 5.84. The van der Waals surface area contributed by atoms with Crippen LogP contribution in [0.2, 0.25) is 0 Å². The van der Waals surface area contributed by atoms with Crippen molar-refractivity contribution >= 4 is 11.9 Å². The molecule has 2 atom stereocenters. The second-order valence-electron chi connectivity index (χ2n) is 4.41. The average molecular weight is 229 g/mol. The third-order valence-electron chi connectivity index (χ3n) is 2.73. The monoisotopic (exact) mass is 229 g/mol. The van der Waals surface area contributed by atoms with Crippen LogP contribution in [0.1, 0.15) is 33.1 Å². The van der Waals surface area contributed by atoms with Crippen LogP contribution in [0.5, 0.6) is 0 Å². The fourth-order valence-corrected chi connectivity index (χ4v) is 1.92. The molecule has 1 saturated carbocycles. The lowest BCUT2D eigenvalue weighted by Gasteiger charge is -2.18. The molecular weight excluding hydrogens is 210 g/mol. The fourth-order valence-electron chi connectivity index (χ4n) is 1.92. The summed E-state index contributed by atoms with van der Waals surface area (Å²) >= 11 is 0. The Morgan fingerprint density at radius 2 is 2.12 bits per heavy atom. The lowest BCUT2D eigenvalue weighted by molar-refractivity contribution is -0.142. The van der Waals surface area contributed by atoms with Crippen LogP contribution in [0.15, 0.2) is 0 Å². The van der Waals surface area contributed by atoms with E-state index < -0.39 is 11.9 Å². The number of carbonyl (C=O) groups excluding carboxylic acids is 1. The van der Waals surface area contributed by atoms with Gasteiger partial charge in [-0.3, -0.25) is 9.59 Å². The SMILES string of the molecule is CC(C)OCC(=O)N[C@@H]1CCC[C@@H]1C(=O)O. The quantitative estimate of drug-likeness (QED) is 0.730. The molecule has 1 amide bonds. The van der Waals surface area contributed by atoms with Crippen molar-refractivity contribution in [2.45, 2.75) is 45.3 Å². The number of carboxylic acids is 1. The number of rotatable bonds is 5. The maximum atomic E-state index is 11.4. The van der Waals surface area contributed by atoms with Crippen molar-refractivity contribution < 1.29 is 19.4 Å². The van der Waals surface area contributed by atoms with Crippen LogP contribution in [0.4, 0.5) is 0 Å². The first-order valence-corrected chi connectivity index (χ1v) is 5.64. The van der Waals surface area contributed by atoms with Gasteiger partial charge in [-0.2, -0.15) is 0 Å². The van der Waals surface area contributed by atoms with Gasteiger partial charge in [-0.15, -0.1) is 0 Å². The maximum absolute atomic E-state index is 11.4. The van der Waals surface area contributed by atoms with Crippen molar-refractivity contribution in [2.24, 2.45) is 5.92 Å². The summed E-state index contributed by atoms with van der Waals surface area (Å²) in [5, 5.41) is 11.7. The van der Waals surface area contributed by atoms with Crippen LogP contribution < -0.4 is 5.32 Å². The molecule has 0 bridgehead atoms. The summed E-state index contributed by atoms with van der Waals surface area (Å²) in [7, 11) is 0. The van der Waals surface area contributed by atoms with E-state index in [0.717, 1.165) is 12.8 Å². The van der Waals surface area contributed by atoms with Crippen molar-refractivity contribution in [1.82, 2.24) is 5.32 Å². The standard InChI is InChI=1S/C11H19NO4/c1-7(2)16-6-10(13)12-9-5-3-4-8(9)11(14)15/h7-9H,3-6H2,1-2H3,(H,12,13)(H,14,15)/t8-,9+/m0/s1. The molecule has 2 N–H and O–H groups in total. The molecule has 0 aromatic rings. The van der Waals surface area contributed by atoms with Crippen LogP contribution in [-0.4, -0.2) is 35.7 Å². The number of amides is 1. The zero-order valence-corrected chi connectivity index (χ0v) is 9.73. The van der Waals surface area contributed by atoms with Gasteiger partial charge in [0, 0.05) is 6.04 Å². The number of hydrogen-bond donors (Lipinski definition) is 2. The fraction of sp³-hybridized carbons (Fsp3) is 0.818. The van der Waals surface area contributed by atoms with Gasteiger partial charge in [0.15, 0.2) is 0 Å². The van der Waals surface area contributed by atoms with Gasteiger partial charge >= 0.3 is 5.97 Å². The third kappa shape index (κ3) is 3.81. The normalized spacial score (nSPS) is 24.7. The van der Waals surface area contributed by atoms with Crippen LogP contribution in [0.3, 0.4) is 0 Å². The Bertz CT molecular complexity index is 265. The summed E-state index contributed by atoms with van der Waals surface area (Å²) in [6, 6.07) is -0.235. The van der Waals surface area contributed by atoms with Gasteiger partial charge in [0.25, 0.3) is 0 Å². The Kier molecular flexibility index (Phi) is 4.73. The van der Waals surface area contributed by atoms with Crippen LogP contribution in [0, 0.1) is 5.92 Å². The number of carboxylic acid groups (broad SMARTS) is 1. The first-order chi connectivity index (χ1) is 7.50. The maximum Gasteiger partial charge on any atom is 0.308 e. The van der Waals surface area contributed by atoms with Gasteiger partial charge < -0.3 is 15.2 Å². The first-order valence-electron chi connectivity index (χ1n) is 5.64. The highest BCUT2D eigenvalue weighted by atomic mass is 16.5. The van der Waals surface area contributed by atoms with Crippen LogP contribution in [-0.2, 0) is 14.3 Å². The molecule has 0 aromatic heterocycles. The number of hydrogen-bond acceptors (Lipinski definition) is 3. The van der Waals surface area contributed by atoms with Gasteiger partial charge in [-0.25, -0.2) is 0 Å². The zero-order chi connectivity index (χ0) is 12.1. The summed E-state index contributed by atoms with van der Waals surface area (Å²) in [5.74, 6) is -1.50. The van der Waals surface area contributed by atoms with Crippen molar-refractivity contribution in [1.29, 1.82) is 0 Å². The van der Waals surface area contributed by atoms with Gasteiger partial charge in [-0.1, -0.05) is 6.42 Å². The Hall–Kier alpha value is -1.10. The molecule has 1 fully saturated rings. The van der Waals surface area contributed by atoms with Crippen LogP contribution in [0.25, 0.3) is 0 Å². The minimum Gasteiger partial charge on any atom is -0.481 e. The molecule has 0 spiro atoms. The smallest absolute Gasteiger partial charge is 0.308 e. The largest absolute Gasteiger partial charge is 0.481 e. The van der Waals surface area contributed by atoms with E-state index in [0.29, 0.717) is 6.42 Å². The van der Waals surface area contributed by atoms with E-state index in [2.05, 4.69) is 5.32 Å². The third-order valence-corrected chi connectivity index (χ3v) is 2.73. The number of ether oxygens (including phenoxy) is 1.